The van der Waals surface area contributed by atoms with E-state index in [0.29, 0.717) is 54.3 Å². The van der Waals surface area contributed by atoms with Gasteiger partial charge in [0.2, 0.25) is 0 Å². The Hall–Kier alpha value is -3.15. The fourth-order valence-corrected chi connectivity index (χ4v) is 4.27. The summed E-state index contributed by atoms with van der Waals surface area (Å²) in [6, 6.07) is 8.92. The molecule has 0 bridgehead atoms. The minimum absolute atomic E-state index is 0.277. The van der Waals surface area contributed by atoms with Gasteiger partial charge < -0.3 is 24.5 Å². The van der Waals surface area contributed by atoms with Gasteiger partial charge in [-0.15, -0.1) is 0 Å². The lowest BCUT2D eigenvalue weighted by Gasteiger charge is -2.26. The van der Waals surface area contributed by atoms with Crippen LogP contribution in [-0.4, -0.2) is 77.9 Å². The first-order valence-corrected chi connectivity index (χ1v) is 13.2. The number of amides is 1. The minimum atomic E-state index is -3.32. The molecule has 1 amide bonds. The molecule has 35 heavy (non-hydrogen) atoms. The monoisotopic (exact) mass is 505 g/mol. The van der Waals surface area contributed by atoms with Gasteiger partial charge in [-0.05, 0) is 30.3 Å². The summed E-state index contributed by atoms with van der Waals surface area (Å²) in [5.41, 5.74) is 1.59. The number of anilines is 1. The van der Waals surface area contributed by atoms with Crippen molar-refractivity contribution < 1.29 is 31.5 Å². The fourth-order valence-electron chi connectivity index (χ4n) is 3.85. The molecule has 11 heteroatoms. The van der Waals surface area contributed by atoms with Gasteiger partial charge in [0.15, 0.2) is 9.84 Å². The number of nitrogens with one attached hydrogen (secondary N) is 2. The summed E-state index contributed by atoms with van der Waals surface area (Å²) >= 11 is 0. The summed E-state index contributed by atoms with van der Waals surface area (Å²) in [5, 5.41) is 6.01. The van der Waals surface area contributed by atoms with E-state index in [1.54, 1.807) is 12.1 Å². The molecule has 4 rings (SSSR count). The summed E-state index contributed by atoms with van der Waals surface area (Å²) < 4.78 is 54.5. The molecule has 0 radical (unpaired) electrons. The van der Waals surface area contributed by atoms with Gasteiger partial charge in [-0.3, -0.25) is 9.69 Å². The van der Waals surface area contributed by atoms with Crippen molar-refractivity contribution in [1.29, 1.82) is 0 Å². The van der Waals surface area contributed by atoms with Gasteiger partial charge in [0.1, 0.15) is 35.4 Å². The van der Waals surface area contributed by atoms with E-state index in [2.05, 4.69) is 15.5 Å². The van der Waals surface area contributed by atoms with E-state index in [1.165, 1.54) is 31.3 Å². The molecule has 188 valence electrons. The van der Waals surface area contributed by atoms with Crippen LogP contribution in [-0.2, 0) is 14.6 Å². The maximum absolute atomic E-state index is 13.5. The second-order valence-electron chi connectivity index (χ2n) is 8.29. The molecule has 1 saturated heterocycles. The number of benzene rings is 2. The number of ether oxygens (including phenoxy) is 2. The molecule has 2 aromatic carbocycles. The van der Waals surface area contributed by atoms with E-state index < -0.39 is 15.7 Å². The van der Waals surface area contributed by atoms with Gasteiger partial charge in [0.25, 0.3) is 5.91 Å². The minimum Gasteiger partial charge on any atom is -0.490 e. The smallest absolute Gasteiger partial charge is 0.255 e. The number of carbonyl (C=O) groups excluding carboxylic acids is 1. The lowest BCUT2D eigenvalue weighted by atomic mass is 10.0. The third-order valence-electron chi connectivity index (χ3n) is 5.64. The van der Waals surface area contributed by atoms with Crippen LogP contribution in [0, 0.1) is 5.82 Å². The molecule has 2 heterocycles. The molecule has 0 saturated carbocycles. The number of halogens is 1. The highest BCUT2D eigenvalue weighted by Crippen LogP contribution is 2.39. The SMILES string of the molecule is CNC(=O)c1c(-c2ccc(F)cc2)oc2cc(NCS(C)(=O)=O)c(OCCN3CCOCC3)cc12. The molecule has 0 aliphatic carbocycles. The molecule has 1 aliphatic heterocycles. The zero-order chi connectivity index (χ0) is 25.0. The number of nitrogens with zero attached hydrogens (tertiary/aromatic N) is 1. The van der Waals surface area contributed by atoms with Gasteiger partial charge in [0.05, 0.1) is 24.5 Å². The number of fused-ring (bicyclic) bond motifs is 1. The first-order valence-electron chi connectivity index (χ1n) is 11.2. The first kappa shape index (κ1) is 25.0. The van der Waals surface area contributed by atoms with Crippen molar-refractivity contribution in [3.8, 4) is 17.1 Å². The number of rotatable bonds is 9. The van der Waals surface area contributed by atoms with E-state index in [4.69, 9.17) is 13.9 Å². The van der Waals surface area contributed by atoms with Crippen LogP contribution in [0.1, 0.15) is 10.4 Å². The Labute approximate surface area is 203 Å². The standard InChI is InChI=1S/C24H28FN3O6S/c1-26-24(29)22-18-13-21(33-12-9-28-7-10-32-11-8-28)19(27-15-35(2,30)31)14-20(18)34-23(22)16-3-5-17(25)6-4-16/h3-6,13-14,27H,7-12,15H2,1-2H3,(H,26,29). The Kier molecular flexibility index (Phi) is 7.58. The van der Waals surface area contributed by atoms with Crippen molar-refractivity contribution in [1.82, 2.24) is 10.2 Å². The van der Waals surface area contributed by atoms with Gasteiger partial charge in [0, 0.05) is 50.0 Å². The average molecular weight is 506 g/mol. The maximum atomic E-state index is 13.5. The number of furan rings is 1. The van der Waals surface area contributed by atoms with Gasteiger partial charge in [-0.1, -0.05) is 0 Å². The number of sulfone groups is 1. The molecule has 2 N–H and O–H groups in total. The van der Waals surface area contributed by atoms with Crippen LogP contribution >= 0.6 is 0 Å². The van der Waals surface area contributed by atoms with E-state index >= 15 is 0 Å². The van der Waals surface area contributed by atoms with Crippen molar-refractivity contribution >= 4 is 32.4 Å². The Morgan fingerprint density at radius 1 is 1.17 bits per heavy atom. The van der Waals surface area contributed by atoms with Crippen molar-refractivity contribution in [3.05, 3.63) is 47.8 Å². The highest BCUT2D eigenvalue weighted by Gasteiger charge is 2.24. The molecule has 0 atom stereocenters. The van der Waals surface area contributed by atoms with Crippen molar-refractivity contribution in [2.45, 2.75) is 0 Å². The molecule has 1 fully saturated rings. The zero-order valence-corrected chi connectivity index (χ0v) is 20.4. The summed E-state index contributed by atoms with van der Waals surface area (Å²) in [5.74, 6) is -0.412. The van der Waals surface area contributed by atoms with Crippen molar-refractivity contribution in [3.63, 3.8) is 0 Å². The lowest BCUT2D eigenvalue weighted by Crippen LogP contribution is -2.38. The third kappa shape index (κ3) is 6.11. The van der Waals surface area contributed by atoms with Crippen LogP contribution < -0.4 is 15.4 Å². The van der Waals surface area contributed by atoms with Crippen LogP contribution in [0.15, 0.2) is 40.8 Å². The highest BCUT2D eigenvalue weighted by molar-refractivity contribution is 7.90. The predicted octanol–water partition coefficient (Wildman–Crippen LogP) is 2.72. The van der Waals surface area contributed by atoms with Crippen LogP contribution in [0.2, 0.25) is 0 Å². The Bertz CT molecular complexity index is 1300. The van der Waals surface area contributed by atoms with Crippen LogP contribution in [0.25, 0.3) is 22.3 Å². The second-order valence-corrected chi connectivity index (χ2v) is 10.4. The molecular weight excluding hydrogens is 477 g/mol. The second kappa shape index (κ2) is 10.6. The third-order valence-corrected chi connectivity index (χ3v) is 6.31. The number of carbonyl (C=O) groups is 1. The Morgan fingerprint density at radius 2 is 1.89 bits per heavy atom. The molecule has 9 nitrogen and oxygen atoms in total. The predicted molar refractivity (Wildman–Crippen MR) is 131 cm³/mol. The van der Waals surface area contributed by atoms with E-state index in [9.17, 15) is 17.6 Å². The van der Waals surface area contributed by atoms with Gasteiger partial charge in [-0.25, -0.2) is 12.8 Å². The van der Waals surface area contributed by atoms with Crippen LogP contribution in [0.3, 0.4) is 0 Å². The van der Waals surface area contributed by atoms with Gasteiger partial charge in [-0.2, -0.15) is 0 Å². The molecule has 1 aliphatic rings. The first-order chi connectivity index (χ1) is 16.7. The van der Waals surface area contributed by atoms with E-state index in [1.807, 2.05) is 0 Å². The molecular formula is C24H28FN3O6S. The average Bonchev–Trinajstić information content (AvgIpc) is 3.21. The van der Waals surface area contributed by atoms with Crippen molar-refractivity contribution in [2.75, 3.05) is 64.0 Å². The summed E-state index contributed by atoms with van der Waals surface area (Å²) in [6.07, 6.45) is 1.13. The van der Waals surface area contributed by atoms with E-state index in [0.717, 1.165) is 19.3 Å². The summed E-state index contributed by atoms with van der Waals surface area (Å²) in [4.78, 5) is 15.0. The molecule has 1 aromatic heterocycles. The zero-order valence-electron chi connectivity index (χ0n) is 19.6. The number of hydrogen-bond donors (Lipinski definition) is 2. The summed E-state index contributed by atoms with van der Waals surface area (Å²) in [6.45, 7) is 3.99. The quantitative estimate of drug-likeness (QED) is 0.457. The Balaban J connectivity index is 1.73. The van der Waals surface area contributed by atoms with Crippen molar-refractivity contribution in [2.24, 2.45) is 0 Å². The lowest BCUT2D eigenvalue weighted by molar-refractivity contribution is 0.0323. The summed E-state index contributed by atoms with van der Waals surface area (Å²) in [7, 11) is -1.81. The number of morpholine rings is 1. The topological polar surface area (TPSA) is 110 Å². The fraction of sp³-hybridized carbons (Fsp3) is 0.375. The van der Waals surface area contributed by atoms with Crippen LogP contribution in [0.5, 0.6) is 5.75 Å². The van der Waals surface area contributed by atoms with Gasteiger partial charge >= 0.3 is 0 Å². The highest BCUT2D eigenvalue weighted by atomic mass is 32.2. The van der Waals surface area contributed by atoms with E-state index in [-0.39, 0.29) is 23.1 Å². The molecule has 0 spiro atoms. The van der Waals surface area contributed by atoms with Crippen LogP contribution in [0.4, 0.5) is 10.1 Å². The Morgan fingerprint density at radius 3 is 2.54 bits per heavy atom. The molecule has 0 unspecified atom stereocenters. The maximum Gasteiger partial charge on any atom is 0.255 e. The number of hydrogen-bond acceptors (Lipinski definition) is 8. The largest absolute Gasteiger partial charge is 0.490 e. The normalized spacial score (nSPS) is 14.7. The molecule has 3 aromatic rings.